The maximum absolute atomic E-state index is 12.3. The van der Waals surface area contributed by atoms with Crippen LogP contribution >= 0.6 is 0 Å². The number of urea groups is 1. The lowest BCUT2D eigenvalue weighted by atomic mass is 9.92. The second kappa shape index (κ2) is 7.48. The number of hydrogen-bond donors (Lipinski definition) is 2. The first kappa shape index (κ1) is 19.0. The molecule has 1 rings (SSSR count). The van der Waals surface area contributed by atoms with Crippen molar-refractivity contribution in [2.75, 3.05) is 18.4 Å². The van der Waals surface area contributed by atoms with E-state index in [1.807, 2.05) is 26.8 Å². The van der Waals surface area contributed by atoms with E-state index in [4.69, 9.17) is 0 Å². The Morgan fingerprint density at radius 2 is 1.96 bits per heavy atom. The van der Waals surface area contributed by atoms with Gasteiger partial charge in [0.05, 0.1) is 5.69 Å². The highest BCUT2D eigenvalue weighted by Gasteiger charge is 2.22. The van der Waals surface area contributed by atoms with Gasteiger partial charge in [-0.25, -0.2) is 4.79 Å². The molecule has 0 aromatic carbocycles. The van der Waals surface area contributed by atoms with Crippen molar-refractivity contribution in [1.29, 1.82) is 0 Å². The van der Waals surface area contributed by atoms with Gasteiger partial charge >= 0.3 is 6.03 Å². The molecule has 7 nitrogen and oxygen atoms in total. The van der Waals surface area contributed by atoms with Crippen LogP contribution in [0.5, 0.6) is 0 Å². The van der Waals surface area contributed by atoms with Gasteiger partial charge in [-0.3, -0.25) is 9.48 Å². The Kier molecular flexibility index (Phi) is 6.18. The van der Waals surface area contributed by atoms with E-state index in [0.29, 0.717) is 12.4 Å². The van der Waals surface area contributed by atoms with Crippen LogP contribution < -0.4 is 10.6 Å². The number of carbonyl (C=O) groups is 2. The fraction of sp³-hybridized carbons (Fsp3) is 0.688. The molecule has 7 heteroatoms. The minimum absolute atomic E-state index is 0.000465. The molecule has 1 aromatic heterocycles. The first-order chi connectivity index (χ1) is 10.6. The molecule has 2 N–H and O–H groups in total. The average molecular weight is 323 g/mol. The van der Waals surface area contributed by atoms with Crippen LogP contribution in [0.2, 0.25) is 0 Å². The number of nitrogens with zero attached hydrogens (tertiary/aromatic N) is 3. The Bertz CT molecular complexity index is 557. The Balaban J connectivity index is 2.79. The highest BCUT2D eigenvalue weighted by Crippen LogP contribution is 2.23. The van der Waals surface area contributed by atoms with Crippen LogP contribution in [0.15, 0.2) is 6.07 Å². The Morgan fingerprint density at radius 3 is 2.39 bits per heavy atom. The number of carbonyl (C=O) groups excluding carboxylic acids is 2. The number of nitrogens with one attached hydrogen (secondary N) is 2. The summed E-state index contributed by atoms with van der Waals surface area (Å²) in [5, 5.41) is 9.97. The van der Waals surface area contributed by atoms with Crippen molar-refractivity contribution in [3.63, 3.8) is 0 Å². The van der Waals surface area contributed by atoms with E-state index >= 15 is 0 Å². The van der Waals surface area contributed by atoms with Gasteiger partial charge in [-0.15, -0.1) is 0 Å². The van der Waals surface area contributed by atoms with Gasteiger partial charge in [0.25, 0.3) is 0 Å². The van der Waals surface area contributed by atoms with E-state index in [2.05, 4.69) is 36.5 Å². The van der Waals surface area contributed by atoms with Crippen molar-refractivity contribution in [2.45, 2.75) is 53.0 Å². The lowest BCUT2D eigenvalue weighted by molar-refractivity contribution is -0.117. The van der Waals surface area contributed by atoms with Crippen LogP contribution in [-0.2, 0) is 17.3 Å². The van der Waals surface area contributed by atoms with Crippen molar-refractivity contribution < 1.29 is 9.59 Å². The van der Waals surface area contributed by atoms with E-state index in [1.54, 1.807) is 11.7 Å². The topological polar surface area (TPSA) is 79.3 Å². The fourth-order valence-corrected chi connectivity index (χ4v) is 2.03. The summed E-state index contributed by atoms with van der Waals surface area (Å²) in [6.45, 7) is 12.3. The molecule has 0 aliphatic carbocycles. The molecule has 0 bridgehead atoms. The summed E-state index contributed by atoms with van der Waals surface area (Å²) in [4.78, 5) is 25.8. The zero-order valence-corrected chi connectivity index (χ0v) is 15.2. The number of rotatable bonds is 5. The smallest absolute Gasteiger partial charge is 0.318 e. The third-order valence-corrected chi connectivity index (χ3v) is 3.44. The summed E-state index contributed by atoms with van der Waals surface area (Å²) in [6.07, 6.45) is 0. The lowest BCUT2D eigenvalue weighted by Gasteiger charge is -2.26. The highest BCUT2D eigenvalue weighted by molar-refractivity contribution is 5.93. The van der Waals surface area contributed by atoms with Crippen molar-refractivity contribution in [3.05, 3.63) is 11.8 Å². The minimum atomic E-state index is -0.242. The molecule has 0 atom stereocenters. The monoisotopic (exact) mass is 323 g/mol. The van der Waals surface area contributed by atoms with Gasteiger partial charge in [0.2, 0.25) is 5.91 Å². The van der Waals surface area contributed by atoms with Gasteiger partial charge in [-0.05, 0) is 20.8 Å². The lowest BCUT2D eigenvalue weighted by Crippen LogP contribution is -2.47. The number of aryl methyl sites for hydroxylation is 1. The van der Waals surface area contributed by atoms with E-state index in [1.165, 1.54) is 4.90 Å². The number of aromatic nitrogens is 2. The number of hydrogen-bond acceptors (Lipinski definition) is 3. The summed E-state index contributed by atoms with van der Waals surface area (Å²) in [6, 6.07) is 1.56. The summed E-state index contributed by atoms with van der Waals surface area (Å²) in [7, 11) is 1.79. The zero-order chi connectivity index (χ0) is 17.8. The number of anilines is 1. The summed E-state index contributed by atoms with van der Waals surface area (Å²) in [5.74, 6) is 0.382. The van der Waals surface area contributed by atoms with Crippen molar-refractivity contribution >= 4 is 17.8 Å². The van der Waals surface area contributed by atoms with Crippen molar-refractivity contribution in [3.8, 4) is 0 Å². The maximum Gasteiger partial charge on any atom is 0.318 e. The van der Waals surface area contributed by atoms with Crippen molar-refractivity contribution in [2.24, 2.45) is 7.05 Å². The maximum atomic E-state index is 12.3. The summed E-state index contributed by atoms with van der Waals surface area (Å²) >= 11 is 0. The van der Waals surface area contributed by atoms with Crippen LogP contribution in [0.3, 0.4) is 0 Å². The largest absolute Gasteiger partial charge is 0.338 e. The molecule has 130 valence electrons. The Morgan fingerprint density at radius 1 is 1.35 bits per heavy atom. The molecule has 0 aliphatic rings. The predicted octanol–water partition coefficient (Wildman–Crippen LogP) is 2.10. The zero-order valence-electron chi connectivity index (χ0n) is 15.2. The van der Waals surface area contributed by atoms with Gasteiger partial charge in [-0.2, -0.15) is 5.10 Å². The Hall–Kier alpha value is -2.05. The normalized spacial score (nSPS) is 11.5. The molecule has 3 amide bonds. The van der Waals surface area contributed by atoms with E-state index in [-0.39, 0.29) is 29.9 Å². The third kappa shape index (κ3) is 5.26. The molecule has 0 saturated carbocycles. The molecule has 23 heavy (non-hydrogen) atoms. The molecule has 1 aromatic rings. The molecule has 1 heterocycles. The predicted molar refractivity (Wildman–Crippen MR) is 91.5 cm³/mol. The van der Waals surface area contributed by atoms with E-state index < -0.39 is 0 Å². The molecule has 0 radical (unpaired) electrons. The van der Waals surface area contributed by atoms with Crippen LogP contribution in [0.4, 0.5) is 10.6 Å². The van der Waals surface area contributed by atoms with Crippen LogP contribution in [0, 0.1) is 0 Å². The molecular weight excluding hydrogens is 294 g/mol. The third-order valence-electron chi connectivity index (χ3n) is 3.44. The average Bonchev–Trinajstić information content (AvgIpc) is 2.77. The van der Waals surface area contributed by atoms with E-state index in [0.717, 1.165) is 5.69 Å². The first-order valence-corrected chi connectivity index (χ1v) is 7.95. The molecule has 0 saturated heterocycles. The molecule has 0 aliphatic heterocycles. The quantitative estimate of drug-likeness (QED) is 0.871. The van der Waals surface area contributed by atoms with Crippen LogP contribution in [0.1, 0.15) is 47.2 Å². The second-order valence-electron chi connectivity index (χ2n) is 6.89. The standard InChI is InChI=1S/C16H29N5O2/c1-8-17-15(23)21(11(2)3)10-14(22)18-13-9-12(16(4,5)6)19-20(13)7/h9,11H,8,10H2,1-7H3,(H,17,23)(H,18,22). The minimum Gasteiger partial charge on any atom is -0.338 e. The van der Waals surface area contributed by atoms with Gasteiger partial charge < -0.3 is 15.5 Å². The van der Waals surface area contributed by atoms with Gasteiger partial charge in [0.15, 0.2) is 0 Å². The summed E-state index contributed by atoms with van der Waals surface area (Å²) in [5.41, 5.74) is 0.811. The summed E-state index contributed by atoms with van der Waals surface area (Å²) < 4.78 is 1.64. The van der Waals surface area contributed by atoms with Crippen molar-refractivity contribution in [1.82, 2.24) is 20.0 Å². The van der Waals surface area contributed by atoms with Crippen LogP contribution in [-0.4, -0.2) is 45.8 Å². The molecule has 0 spiro atoms. The second-order valence-corrected chi connectivity index (χ2v) is 6.89. The van der Waals surface area contributed by atoms with Gasteiger partial charge in [0.1, 0.15) is 12.4 Å². The molecule has 0 unspecified atom stereocenters. The molecule has 0 fully saturated rings. The SMILES string of the molecule is CCNC(=O)N(CC(=O)Nc1cc(C(C)(C)C)nn1C)C(C)C. The fourth-order valence-electron chi connectivity index (χ4n) is 2.03. The van der Waals surface area contributed by atoms with Crippen LogP contribution in [0.25, 0.3) is 0 Å². The number of amides is 3. The van der Waals surface area contributed by atoms with Gasteiger partial charge in [0, 0.05) is 31.1 Å². The van der Waals surface area contributed by atoms with Gasteiger partial charge in [-0.1, -0.05) is 20.8 Å². The Labute approximate surface area is 138 Å². The highest BCUT2D eigenvalue weighted by atomic mass is 16.2. The molecular formula is C16H29N5O2. The first-order valence-electron chi connectivity index (χ1n) is 7.95. The van der Waals surface area contributed by atoms with E-state index in [9.17, 15) is 9.59 Å².